The lowest BCUT2D eigenvalue weighted by atomic mass is 9.89. The molecule has 2 aliphatic rings. The quantitative estimate of drug-likeness (QED) is 0.444. The molecule has 3 aromatic rings. The second kappa shape index (κ2) is 10.2. The summed E-state index contributed by atoms with van der Waals surface area (Å²) in [6, 6.07) is 14.6. The third-order valence-corrected chi connectivity index (χ3v) is 9.15. The molecule has 1 aliphatic heterocycles. The highest BCUT2D eigenvalue weighted by Crippen LogP contribution is 2.35. The minimum absolute atomic E-state index is 0.156. The molecule has 1 atom stereocenters. The van der Waals surface area contributed by atoms with Crippen LogP contribution in [0.3, 0.4) is 0 Å². The first-order chi connectivity index (χ1) is 16.5. The third-order valence-electron chi connectivity index (χ3n) is 6.72. The molecule has 1 fully saturated rings. The van der Waals surface area contributed by atoms with E-state index in [4.69, 9.17) is 4.74 Å². The minimum atomic E-state index is -3.81. The van der Waals surface area contributed by atoms with Crippen LogP contribution >= 0.6 is 15.9 Å². The third kappa shape index (κ3) is 5.21. The zero-order chi connectivity index (χ0) is 23.5. The maximum atomic E-state index is 13.8. The van der Waals surface area contributed by atoms with E-state index >= 15 is 0 Å². The normalized spacial score (nSPS) is 20.9. The largest absolute Gasteiger partial charge is 0.490 e. The number of benzene rings is 2. The van der Waals surface area contributed by atoms with Crippen LogP contribution < -0.4 is 4.74 Å². The Balaban J connectivity index is 1.43. The van der Waals surface area contributed by atoms with Crippen LogP contribution in [0.15, 0.2) is 64.1 Å². The fourth-order valence-electron chi connectivity index (χ4n) is 4.95. The van der Waals surface area contributed by atoms with Gasteiger partial charge in [0.15, 0.2) is 0 Å². The van der Waals surface area contributed by atoms with E-state index in [-0.39, 0.29) is 24.1 Å². The molecule has 0 spiro atoms. The molecule has 0 unspecified atom stereocenters. The monoisotopic (exact) mass is 544 g/mol. The van der Waals surface area contributed by atoms with Gasteiger partial charge in [-0.25, -0.2) is 8.42 Å². The van der Waals surface area contributed by atoms with Crippen molar-refractivity contribution in [3.8, 4) is 5.75 Å². The molecule has 0 amide bonds. The molecule has 34 heavy (non-hydrogen) atoms. The molecule has 2 heterocycles. The Kier molecular flexibility index (Phi) is 7.04. The van der Waals surface area contributed by atoms with Crippen molar-refractivity contribution in [3.63, 3.8) is 0 Å². The Morgan fingerprint density at radius 3 is 2.65 bits per heavy atom. The van der Waals surface area contributed by atoms with Crippen molar-refractivity contribution in [2.75, 3.05) is 6.61 Å². The van der Waals surface area contributed by atoms with Crippen molar-refractivity contribution >= 4 is 26.0 Å². The standard InChI is InChI=1S/C25H29BrN4O3S/c26-21-11-12-25-24(14-21)33-18-23(13-19-7-3-1-4-8-19)30(34(25,31)32)17-22-16-29(28-27-22)15-20-9-5-2-6-10-20/h1,3-4,7-8,11-12,14,16,20,23H,2,5-6,9-10,13,15,17-18H2/t23-/m1/s1. The Labute approximate surface area is 209 Å². The summed E-state index contributed by atoms with van der Waals surface area (Å²) in [4.78, 5) is 0.181. The van der Waals surface area contributed by atoms with Crippen LogP contribution in [0.1, 0.15) is 43.4 Å². The van der Waals surface area contributed by atoms with Crippen LogP contribution in [0.25, 0.3) is 0 Å². The summed E-state index contributed by atoms with van der Waals surface area (Å²) in [5.74, 6) is 0.991. The SMILES string of the molecule is O=S1(=O)c2ccc(Br)cc2OC[C@@H](Cc2ccccc2)N1Cc1cn(CC2CCCCC2)nn1. The van der Waals surface area contributed by atoms with Crippen LogP contribution in [0.4, 0.5) is 0 Å². The van der Waals surface area contributed by atoms with Crippen LogP contribution in [0.5, 0.6) is 5.75 Å². The fraction of sp³-hybridized carbons (Fsp3) is 0.440. The molecule has 0 radical (unpaired) electrons. The summed E-state index contributed by atoms with van der Waals surface area (Å²) in [5, 5.41) is 8.66. The number of ether oxygens (including phenoxy) is 1. The first-order valence-electron chi connectivity index (χ1n) is 11.9. The molecular weight excluding hydrogens is 516 g/mol. The molecule has 0 saturated heterocycles. The van der Waals surface area contributed by atoms with E-state index in [1.807, 2.05) is 41.2 Å². The average molecular weight is 546 g/mol. The number of nitrogens with zero attached hydrogens (tertiary/aromatic N) is 4. The highest BCUT2D eigenvalue weighted by molar-refractivity contribution is 9.10. The van der Waals surface area contributed by atoms with Crippen molar-refractivity contribution in [1.82, 2.24) is 19.3 Å². The first-order valence-corrected chi connectivity index (χ1v) is 14.1. The molecule has 5 rings (SSSR count). The van der Waals surface area contributed by atoms with E-state index in [0.29, 0.717) is 23.8 Å². The van der Waals surface area contributed by atoms with E-state index < -0.39 is 10.0 Å². The van der Waals surface area contributed by atoms with Crippen molar-refractivity contribution < 1.29 is 13.2 Å². The zero-order valence-corrected chi connectivity index (χ0v) is 21.4. The molecule has 2 aromatic carbocycles. The number of aromatic nitrogens is 3. The lowest BCUT2D eigenvalue weighted by molar-refractivity contribution is 0.206. The van der Waals surface area contributed by atoms with E-state index in [0.717, 1.165) is 16.6 Å². The van der Waals surface area contributed by atoms with Crippen molar-refractivity contribution in [2.45, 2.75) is 62.6 Å². The predicted octanol–water partition coefficient (Wildman–Crippen LogP) is 4.82. The van der Waals surface area contributed by atoms with Gasteiger partial charge >= 0.3 is 0 Å². The zero-order valence-electron chi connectivity index (χ0n) is 19.0. The van der Waals surface area contributed by atoms with Gasteiger partial charge in [0, 0.05) is 17.2 Å². The lowest BCUT2D eigenvalue weighted by Gasteiger charge is -2.27. The Morgan fingerprint density at radius 1 is 1.06 bits per heavy atom. The molecule has 9 heteroatoms. The topological polar surface area (TPSA) is 77.3 Å². The maximum Gasteiger partial charge on any atom is 0.247 e. The summed E-state index contributed by atoms with van der Waals surface area (Å²) in [5.41, 5.74) is 1.71. The summed E-state index contributed by atoms with van der Waals surface area (Å²) >= 11 is 3.43. The Hall–Kier alpha value is -2.23. The minimum Gasteiger partial charge on any atom is -0.490 e. The smallest absolute Gasteiger partial charge is 0.247 e. The second-order valence-electron chi connectivity index (χ2n) is 9.23. The summed E-state index contributed by atoms with van der Waals surface area (Å²) in [6.45, 7) is 1.25. The van der Waals surface area contributed by atoms with Gasteiger partial charge in [-0.15, -0.1) is 5.10 Å². The van der Waals surface area contributed by atoms with Gasteiger partial charge in [0.2, 0.25) is 10.0 Å². The number of rotatable bonds is 6. The number of hydrogen-bond donors (Lipinski definition) is 0. The van der Waals surface area contributed by atoms with Crippen molar-refractivity contribution in [2.24, 2.45) is 5.92 Å². The highest BCUT2D eigenvalue weighted by Gasteiger charge is 2.38. The molecular formula is C25H29BrN4O3S. The van der Waals surface area contributed by atoms with Crippen molar-refractivity contribution in [3.05, 3.63) is 70.5 Å². The van der Waals surface area contributed by atoms with Gasteiger partial charge in [-0.3, -0.25) is 4.68 Å². The van der Waals surface area contributed by atoms with Crippen LogP contribution in [0.2, 0.25) is 0 Å². The second-order valence-corrected chi connectivity index (χ2v) is 12.0. The maximum absolute atomic E-state index is 13.8. The summed E-state index contributed by atoms with van der Waals surface area (Å²) in [7, 11) is -3.81. The molecule has 7 nitrogen and oxygen atoms in total. The number of hydrogen-bond acceptors (Lipinski definition) is 5. The molecule has 0 bridgehead atoms. The lowest BCUT2D eigenvalue weighted by Crippen LogP contribution is -2.42. The van der Waals surface area contributed by atoms with Crippen LogP contribution in [-0.2, 0) is 29.5 Å². The van der Waals surface area contributed by atoms with Crippen LogP contribution in [0, 0.1) is 5.92 Å². The van der Waals surface area contributed by atoms with Crippen LogP contribution in [-0.4, -0.2) is 40.4 Å². The van der Waals surface area contributed by atoms with E-state index in [2.05, 4.69) is 26.2 Å². The van der Waals surface area contributed by atoms with Gasteiger partial charge in [0.05, 0.1) is 18.3 Å². The van der Waals surface area contributed by atoms with Gasteiger partial charge in [-0.2, -0.15) is 4.31 Å². The van der Waals surface area contributed by atoms with Gasteiger partial charge in [-0.1, -0.05) is 70.7 Å². The fourth-order valence-corrected chi connectivity index (χ4v) is 6.99. The van der Waals surface area contributed by atoms with E-state index in [1.165, 1.54) is 36.4 Å². The Bertz CT molecular complexity index is 1230. The summed E-state index contributed by atoms with van der Waals surface area (Å²) < 4.78 is 37.9. The van der Waals surface area contributed by atoms with Gasteiger partial charge in [-0.05, 0) is 48.9 Å². The molecule has 1 aromatic heterocycles. The van der Waals surface area contributed by atoms with Gasteiger partial charge in [0.1, 0.15) is 17.3 Å². The average Bonchev–Trinajstić information content (AvgIpc) is 3.24. The Morgan fingerprint density at radius 2 is 1.85 bits per heavy atom. The predicted molar refractivity (Wildman–Crippen MR) is 133 cm³/mol. The van der Waals surface area contributed by atoms with E-state index in [1.54, 1.807) is 18.2 Å². The van der Waals surface area contributed by atoms with Gasteiger partial charge < -0.3 is 4.74 Å². The number of sulfonamides is 1. The molecule has 1 saturated carbocycles. The van der Waals surface area contributed by atoms with Crippen molar-refractivity contribution in [1.29, 1.82) is 0 Å². The molecule has 1 aliphatic carbocycles. The summed E-state index contributed by atoms with van der Waals surface area (Å²) in [6.07, 6.45) is 8.75. The number of halogens is 1. The molecule has 0 N–H and O–H groups in total. The number of fused-ring (bicyclic) bond motifs is 1. The highest BCUT2D eigenvalue weighted by atomic mass is 79.9. The molecule has 180 valence electrons. The van der Waals surface area contributed by atoms with Gasteiger partial charge in [0.25, 0.3) is 0 Å². The first kappa shape index (κ1) is 23.5. The van der Waals surface area contributed by atoms with E-state index in [9.17, 15) is 8.42 Å².